The summed E-state index contributed by atoms with van der Waals surface area (Å²) >= 11 is 6.17. The van der Waals surface area contributed by atoms with Crippen LogP contribution in [0.25, 0.3) is 11.0 Å². The molecule has 0 fully saturated rings. The fraction of sp³-hybridized carbons (Fsp3) is 0.348. The largest absolute Gasteiger partial charge is 0.497 e. The maximum absolute atomic E-state index is 12.4. The molecule has 3 rings (SSSR count). The van der Waals surface area contributed by atoms with Gasteiger partial charge in [0.05, 0.1) is 24.1 Å². The molecule has 7 nitrogen and oxygen atoms in total. The maximum atomic E-state index is 12.4. The molecule has 0 saturated carbocycles. The Morgan fingerprint density at radius 2 is 1.94 bits per heavy atom. The number of benzene rings is 1. The van der Waals surface area contributed by atoms with Crippen molar-refractivity contribution in [3.05, 3.63) is 63.0 Å². The van der Waals surface area contributed by atoms with Crippen LogP contribution >= 0.6 is 11.6 Å². The van der Waals surface area contributed by atoms with Gasteiger partial charge >= 0.3 is 5.97 Å². The highest BCUT2D eigenvalue weighted by atomic mass is 35.5. The summed E-state index contributed by atoms with van der Waals surface area (Å²) in [5.41, 5.74) is 0.564. The molecular formula is C23H25ClN2O5. The van der Waals surface area contributed by atoms with E-state index in [1.54, 1.807) is 42.0 Å². The van der Waals surface area contributed by atoms with Gasteiger partial charge in [0.2, 0.25) is 5.43 Å². The van der Waals surface area contributed by atoms with Crippen molar-refractivity contribution in [2.24, 2.45) is 0 Å². The first-order chi connectivity index (χ1) is 14.9. The zero-order valence-electron chi connectivity index (χ0n) is 17.6. The van der Waals surface area contributed by atoms with Gasteiger partial charge in [-0.15, -0.1) is 0 Å². The summed E-state index contributed by atoms with van der Waals surface area (Å²) in [6, 6.07) is 8.67. The van der Waals surface area contributed by atoms with Crippen molar-refractivity contribution in [1.29, 1.82) is 0 Å². The molecule has 0 aliphatic rings. The van der Waals surface area contributed by atoms with Crippen molar-refractivity contribution in [3.63, 3.8) is 0 Å². The van der Waals surface area contributed by atoms with E-state index in [2.05, 4.69) is 4.98 Å². The molecule has 0 unspecified atom stereocenters. The Bertz CT molecular complexity index is 1140. The number of carboxylic acid groups (broad SMARTS) is 1. The molecule has 0 atom stereocenters. The molecular weight excluding hydrogens is 420 g/mol. The van der Waals surface area contributed by atoms with Gasteiger partial charge in [-0.25, -0.2) is 9.78 Å². The molecule has 0 radical (unpaired) electrons. The molecule has 164 valence electrons. The lowest BCUT2D eigenvalue weighted by Crippen LogP contribution is -2.20. The van der Waals surface area contributed by atoms with Crippen molar-refractivity contribution in [2.45, 2.75) is 39.2 Å². The highest BCUT2D eigenvalue weighted by molar-refractivity contribution is 6.32. The number of rotatable bonds is 10. The molecule has 1 N–H and O–H groups in total. The van der Waals surface area contributed by atoms with Crippen molar-refractivity contribution >= 4 is 28.6 Å². The first kappa shape index (κ1) is 22.6. The van der Waals surface area contributed by atoms with Gasteiger partial charge in [0.25, 0.3) is 0 Å². The SMILES string of the molecule is COc1ccc(OCCCCCCn2cc(C(=O)O)c(=O)c3ccc(C)nc32)c(Cl)c1. The van der Waals surface area contributed by atoms with Crippen molar-refractivity contribution < 1.29 is 19.4 Å². The van der Waals surface area contributed by atoms with Crippen LogP contribution in [0.2, 0.25) is 5.02 Å². The van der Waals surface area contributed by atoms with Gasteiger partial charge in [0, 0.05) is 24.5 Å². The molecule has 0 aliphatic carbocycles. The monoisotopic (exact) mass is 444 g/mol. The number of aromatic nitrogens is 2. The summed E-state index contributed by atoms with van der Waals surface area (Å²) in [7, 11) is 1.59. The number of nitrogens with zero attached hydrogens (tertiary/aromatic N) is 2. The number of methoxy groups -OCH3 is 1. The minimum atomic E-state index is -1.23. The van der Waals surface area contributed by atoms with Crippen LogP contribution in [0.3, 0.4) is 0 Å². The Labute approximate surface area is 185 Å². The van der Waals surface area contributed by atoms with Crippen molar-refractivity contribution in [1.82, 2.24) is 9.55 Å². The molecule has 2 heterocycles. The second-order valence-electron chi connectivity index (χ2n) is 7.25. The van der Waals surface area contributed by atoms with Gasteiger partial charge in [-0.05, 0) is 44.0 Å². The number of unbranched alkanes of at least 4 members (excludes halogenated alkanes) is 3. The Hall–Kier alpha value is -3.06. The maximum Gasteiger partial charge on any atom is 0.341 e. The van der Waals surface area contributed by atoms with Crippen molar-refractivity contribution in [3.8, 4) is 11.5 Å². The van der Waals surface area contributed by atoms with Crippen LogP contribution in [0.5, 0.6) is 11.5 Å². The smallest absolute Gasteiger partial charge is 0.341 e. The highest BCUT2D eigenvalue weighted by Gasteiger charge is 2.15. The van der Waals surface area contributed by atoms with E-state index in [0.29, 0.717) is 40.7 Å². The molecule has 2 aromatic heterocycles. The minimum absolute atomic E-state index is 0.233. The highest BCUT2D eigenvalue weighted by Crippen LogP contribution is 2.28. The van der Waals surface area contributed by atoms with Gasteiger partial charge in [-0.2, -0.15) is 0 Å². The van der Waals surface area contributed by atoms with Crippen LogP contribution in [0.4, 0.5) is 0 Å². The van der Waals surface area contributed by atoms with Crippen LogP contribution in [-0.2, 0) is 6.54 Å². The van der Waals surface area contributed by atoms with E-state index in [1.165, 1.54) is 6.20 Å². The number of ether oxygens (including phenoxy) is 2. The first-order valence-corrected chi connectivity index (χ1v) is 10.5. The Balaban J connectivity index is 1.54. The van der Waals surface area contributed by atoms with E-state index in [4.69, 9.17) is 21.1 Å². The van der Waals surface area contributed by atoms with Gasteiger partial charge in [0.15, 0.2) is 0 Å². The van der Waals surface area contributed by atoms with E-state index in [-0.39, 0.29) is 5.56 Å². The van der Waals surface area contributed by atoms with E-state index in [1.807, 2.05) is 6.92 Å². The number of hydrogen-bond acceptors (Lipinski definition) is 5. The fourth-order valence-electron chi connectivity index (χ4n) is 3.33. The number of halogens is 1. The van der Waals surface area contributed by atoms with Gasteiger partial charge in [0.1, 0.15) is 22.7 Å². The zero-order chi connectivity index (χ0) is 22.4. The van der Waals surface area contributed by atoms with Gasteiger partial charge < -0.3 is 19.1 Å². The molecule has 0 aliphatic heterocycles. The van der Waals surface area contributed by atoms with Crippen LogP contribution < -0.4 is 14.9 Å². The third-order valence-corrected chi connectivity index (χ3v) is 5.28. The predicted molar refractivity (Wildman–Crippen MR) is 120 cm³/mol. The van der Waals surface area contributed by atoms with Gasteiger partial charge in [-0.1, -0.05) is 24.4 Å². The number of carbonyl (C=O) groups is 1. The standard InChI is InChI=1S/C23H25ClN2O5/c1-15-7-9-17-21(27)18(23(28)29)14-26(22(17)25-15)11-5-3-4-6-12-31-20-10-8-16(30-2)13-19(20)24/h7-10,13-14H,3-6,11-12H2,1-2H3,(H,28,29). The number of fused-ring (bicyclic) bond motifs is 1. The molecule has 8 heteroatoms. The van der Waals surface area contributed by atoms with Crippen LogP contribution in [-0.4, -0.2) is 34.3 Å². The number of pyridine rings is 2. The predicted octanol–water partition coefficient (Wildman–Crippen LogP) is 4.70. The van der Waals surface area contributed by atoms with E-state index in [0.717, 1.165) is 31.4 Å². The quantitative estimate of drug-likeness (QED) is 0.455. The van der Waals surface area contributed by atoms with Crippen LogP contribution in [0, 0.1) is 6.92 Å². The second kappa shape index (κ2) is 10.3. The molecule has 0 saturated heterocycles. The summed E-state index contributed by atoms with van der Waals surface area (Å²) in [5, 5.41) is 10.2. The summed E-state index contributed by atoms with van der Waals surface area (Å²) in [5.74, 6) is 0.0866. The Morgan fingerprint density at radius 1 is 1.16 bits per heavy atom. The van der Waals surface area contributed by atoms with E-state index >= 15 is 0 Å². The summed E-state index contributed by atoms with van der Waals surface area (Å²) in [4.78, 5) is 28.3. The lowest BCUT2D eigenvalue weighted by molar-refractivity contribution is 0.0694. The molecule has 1 aromatic carbocycles. The summed E-state index contributed by atoms with van der Waals surface area (Å²) < 4.78 is 12.6. The normalized spacial score (nSPS) is 10.9. The average Bonchev–Trinajstić information content (AvgIpc) is 2.74. The number of hydrogen-bond donors (Lipinski definition) is 1. The average molecular weight is 445 g/mol. The summed E-state index contributed by atoms with van der Waals surface area (Å²) in [6.45, 7) is 2.98. The molecule has 0 amide bonds. The van der Waals surface area contributed by atoms with Gasteiger partial charge in [-0.3, -0.25) is 4.79 Å². The third kappa shape index (κ3) is 5.55. The van der Waals surface area contributed by atoms with Crippen LogP contribution in [0.15, 0.2) is 41.3 Å². The topological polar surface area (TPSA) is 90.6 Å². The lowest BCUT2D eigenvalue weighted by Gasteiger charge is -2.12. The Kier molecular flexibility index (Phi) is 7.52. The number of aryl methyl sites for hydroxylation is 2. The summed E-state index contributed by atoms with van der Waals surface area (Å²) in [6.07, 6.45) is 4.97. The van der Waals surface area contributed by atoms with E-state index < -0.39 is 11.4 Å². The van der Waals surface area contributed by atoms with E-state index in [9.17, 15) is 14.7 Å². The molecule has 3 aromatic rings. The second-order valence-corrected chi connectivity index (χ2v) is 7.66. The third-order valence-electron chi connectivity index (χ3n) is 4.98. The first-order valence-electron chi connectivity index (χ1n) is 10.1. The van der Waals surface area contributed by atoms with Crippen molar-refractivity contribution in [2.75, 3.05) is 13.7 Å². The Morgan fingerprint density at radius 3 is 2.65 bits per heavy atom. The zero-order valence-corrected chi connectivity index (χ0v) is 18.3. The molecule has 0 bridgehead atoms. The molecule has 0 spiro atoms. The molecule has 31 heavy (non-hydrogen) atoms. The minimum Gasteiger partial charge on any atom is -0.497 e. The number of aromatic carboxylic acids is 1. The lowest BCUT2D eigenvalue weighted by atomic mass is 10.1. The fourth-order valence-corrected chi connectivity index (χ4v) is 3.55. The number of carboxylic acids is 1. The van der Waals surface area contributed by atoms with Crippen LogP contribution in [0.1, 0.15) is 41.7 Å².